The van der Waals surface area contributed by atoms with Gasteiger partial charge in [0.05, 0.1) is 0 Å². The molecule has 6 heteroatoms. The topological polar surface area (TPSA) is 58.9 Å². The third-order valence-corrected chi connectivity index (χ3v) is 13.9. The first-order chi connectivity index (χ1) is 13.8. The molecule has 0 aliphatic heterocycles. The van der Waals surface area contributed by atoms with Crippen LogP contribution in [0.2, 0.25) is 40.5 Å². The fourth-order valence-corrected chi connectivity index (χ4v) is 8.17. The molecule has 0 aromatic heterocycles. The number of aliphatic hydroxyl groups excluding tert-OH is 2. The van der Waals surface area contributed by atoms with E-state index in [0.29, 0.717) is 25.7 Å². The van der Waals surface area contributed by atoms with Crippen LogP contribution in [0.15, 0.2) is 21.8 Å². The first-order valence-electron chi connectivity index (χ1n) is 11.6. The van der Waals surface area contributed by atoms with Crippen molar-refractivity contribution >= 4 is 26.5 Å². The van der Waals surface area contributed by atoms with Crippen LogP contribution in [-0.4, -0.2) is 69.4 Å². The Hall–Kier alpha value is 0.336. The normalized spacial score (nSPS) is 16.4. The molecule has 0 spiro atoms. The predicted molar refractivity (Wildman–Crippen MR) is 135 cm³/mol. The van der Waals surface area contributed by atoms with Crippen molar-refractivity contribution < 1.29 is 19.7 Å². The molecule has 2 N–H and O–H groups in total. The summed E-state index contributed by atoms with van der Waals surface area (Å²) in [4.78, 5) is 6.94. The molecular weight excluding hydrogens is 499 g/mol. The van der Waals surface area contributed by atoms with Gasteiger partial charge in [0.25, 0.3) is 0 Å². The molecule has 0 saturated heterocycles. The van der Waals surface area contributed by atoms with Crippen molar-refractivity contribution in [3.63, 3.8) is 0 Å². The van der Waals surface area contributed by atoms with E-state index in [2.05, 4.69) is 61.0 Å². The molecule has 0 bridgehead atoms. The van der Waals surface area contributed by atoms with Crippen LogP contribution >= 0.6 is 0 Å². The SMILES string of the molecule is C=[C]([C@@H](CO)C[C@H](O)C[C@@H](C)CC/C=C(\C)COCOCC[Si](C)(C)C)[Sn]([CH3])([CH3])[CH3]. The van der Waals surface area contributed by atoms with Gasteiger partial charge in [0, 0.05) is 14.7 Å². The Balaban J connectivity index is 4.08. The van der Waals surface area contributed by atoms with Gasteiger partial charge < -0.3 is 4.74 Å². The number of hydrogen-bond acceptors (Lipinski definition) is 4. The van der Waals surface area contributed by atoms with E-state index in [9.17, 15) is 10.2 Å². The quantitative estimate of drug-likeness (QED) is 0.103. The van der Waals surface area contributed by atoms with E-state index in [-0.39, 0.29) is 18.6 Å². The molecule has 0 amide bonds. The average Bonchev–Trinajstić information content (AvgIpc) is 2.60. The summed E-state index contributed by atoms with van der Waals surface area (Å²) in [6.45, 7) is 17.5. The zero-order valence-corrected chi connectivity index (χ0v) is 24.9. The van der Waals surface area contributed by atoms with Gasteiger partial charge in [-0.2, -0.15) is 0 Å². The molecular formula is C24H50O4SiSn. The van der Waals surface area contributed by atoms with Crippen LogP contribution in [0, 0.1) is 11.8 Å². The summed E-state index contributed by atoms with van der Waals surface area (Å²) in [5.74, 6) is 0.496. The monoisotopic (exact) mass is 550 g/mol. The maximum absolute atomic E-state index is 10.5. The number of aliphatic hydroxyl groups is 2. The molecule has 0 aromatic carbocycles. The number of hydrogen-bond donors (Lipinski definition) is 2. The fourth-order valence-electron chi connectivity index (χ4n) is 3.32. The summed E-state index contributed by atoms with van der Waals surface area (Å²) in [5, 5.41) is 20.2. The molecule has 178 valence electrons. The van der Waals surface area contributed by atoms with Gasteiger partial charge in [0.15, 0.2) is 0 Å². The van der Waals surface area contributed by atoms with E-state index in [4.69, 9.17) is 9.47 Å². The van der Waals surface area contributed by atoms with Gasteiger partial charge in [-0.3, -0.25) is 0 Å². The van der Waals surface area contributed by atoms with Gasteiger partial charge in [-0.15, -0.1) is 0 Å². The van der Waals surface area contributed by atoms with Crippen molar-refractivity contribution in [2.75, 3.05) is 26.6 Å². The van der Waals surface area contributed by atoms with Gasteiger partial charge in [-0.05, 0) is 6.04 Å². The molecule has 0 aromatic rings. The zero-order chi connectivity index (χ0) is 23.4. The maximum atomic E-state index is 10.5. The second-order valence-corrected chi connectivity index (χ2v) is 31.5. The Morgan fingerprint density at radius 3 is 2.30 bits per heavy atom. The van der Waals surface area contributed by atoms with E-state index < -0.39 is 26.5 Å². The molecule has 0 radical (unpaired) electrons. The molecule has 0 fully saturated rings. The van der Waals surface area contributed by atoms with Crippen LogP contribution in [0.5, 0.6) is 0 Å². The van der Waals surface area contributed by atoms with Crippen LogP contribution in [0.3, 0.4) is 0 Å². The van der Waals surface area contributed by atoms with Crippen molar-refractivity contribution in [3.8, 4) is 0 Å². The third-order valence-electron chi connectivity index (χ3n) is 5.55. The third kappa shape index (κ3) is 16.0. The predicted octanol–water partition coefficient (Wildman–Crippen LogP) is 5.86. The molecule has 0 aliphatic rings. The molecule has 0 unspecified atom stereocenters. The summed E-state index contributed by atoms with van der Waals surface area (Å²) in [7, 11) is -1.03. The fraction of sp³-hybridized carbons (Fsp3) is 0.833. The minimum absolute atomic E-state index is 0.0512. The van der Waals surface area contributed by atoms with Crippen LogP contribution in [0.25, 0.3) is 0 Å². The summed E-state index contributed by atoms with van der Waals surface area (Å²) < 4.78 is 12.4. The van der Waals surface area contributed by atoms with E-state index in [0.717, 1.165) is 25.9 Å². The van der Waals surface area contributed by atoms with Gasteiger partial charge in [-0.25, -0.2) is 0 Å². The Labute approximate surface area is 192 Å². The van der Waals surface area contributed by atoms with Crippen molar-refractivity contribution in [3.05, 3.63) is 21.8 Å². The Bertz CT molecular complexity index is 508. The van der Waals surface area contributed by atoms with Crippen LogP contribution in [0.1, 0.15) is 39.5 Å². The summed E-state index contributed by atoms with van der Waals surface area (Å²) in [5.41, 5.74) is 1.23. The average molecular weight is 549 g/mol. The molecule has 0 aliphatic carbocycles. The van der Waals surface area contributed by atoms with Crippen molar-refractivity contribution in [2.24, 2.45) is 11.8 Å². The molecule has 30 heavy (non-hydrogen) atoms. The van der Waals surface area contributed by atoms with Gasteiger partial charge in [0.1, 0.15) is 6.79 Å². The van der Waals surface area contributed by atoms with Crippen LogP contribution in [0.4, 0.5) is 0 Å². The second kappa shape index (κ2) is 15.2. The minimum atomic E-state index is -2.25. The van der Waals surface area contributed by atoms with Crippen LogP contribution in [-0.2, 0) is 9.47 Å². The second-order valence-electron chi connectivity index (χ2n) is 11.2. The summed E-state index contributed by atoms with van der Waals surface area (Å²) >= 11 is -2.25. The number of allylic oxidation sites excluding steroid dienone is 1. The van der Waals surface area contributed by atoms with Crippen molar-refractivity contribution in [1.29, 1.82) is 0 Å². The standard InChI is InChI=1S/C21H41O4Si.3CH3.Sn/c1-7-20(15-22)14-21(23)13-18(2)9-8-10-19(3)16-25-17-24-11-12-26(4,5)6;;;;/h10,18,20-23H,1,8-9,11-17H2,2-6H3;3*1H3;/b19-10+;;;;/t18-,20+,21+;;;;/m0..../s1. The Morgan fingerprint density at radius 1 is 1.13 bits per heavy atom. The van der Waals surface area contributed by atoms with Crippen molar-refractivity contribution in [1.82, 2.24) is 0 Å². The van der Waals surface area contributed by atoms with E-state index >= 15 is 0 Å². The summed E-state index contributed by atoms with van der Waals surface area (Å²) in [6, 6.07) is 1.17. The molecule has 4 nitrogen and oxygen atoms in total. The molecule has 0 heterocycles. The van der Waals surface area contributed by atoms with E-state index in [1.165, 1.54) is 15.2 Å². The zero-order valence-electron chi connectivity index (χ0n) is 21.1. The number of rotatable bonds is 17. The Morgan fingerprint density at radius 2 is 1.77 bits per heavy atom. The number of ether oxygens (including phenoxy) is 2. The first-order valence-corrected chi connectivity index (χ1v) is 25.2. The molecule has 3 atom stereocenters. The van der Waals surface area contributed by atoms with Crippen molar-refractivity contribution in [2.45, 2.75) is 86.1 Å². The van der Waals surface area contributed by atoms with E-state index in [1.54, 1.807) is 0 Å². The molecule has 0 saturated carbocycles. The van der Waals surface area contributed by atoms with E-state index in [1.807, 2.05) is 0 Å². The molecule has 0 rings (SSSR count). The van der Waals surface area contributed by atoms with Gasteiger partial charge in [-0.1, -0.05) is 19.6 Å². The first kappa shape index (κ1) is 30.3. The summed E-state index contributed by atoms with van der Waals surface area (Å²) in [6.07, 6.45) is 5.31. The van der Waals surface area contributed by atoms with Crippen LogP contribution < -0.4 is 0 Å². The van der Waals surface area contributed by atoms with Gasteiger partial charge in [0.2, 0.25) is 0 Å². The Kier molecular flexibility index (Phi) is 15.4. The van der Waals surface area contributed by atoms with Gasteiger partial charge >= 0.3 is 141 Å².